The average Bonchev–Trinajstić information content (AvgIpc) is 3.37. The Kier molecular flexibility index (Phi) is 7.05. The van der Waals surface area contributed by atoms with Crippen molar-refractivity contribution in [3.05, 3.63) is 58.5 Å². The maximum absolute atomic E-state index is 14.0. The number of H-pyrrole nitrogens is 1. The van der Waals surface area contributed by atoms with Crippen LogP contribution in [0, 0.1) is 17.1 Å². The molecule has 2 aromatic heterocycles. The van der Waals surface area contributed by atoms with E-state index in [1.807, 2.05) is 20.8 Å². The lowest BCUT2D eigenvalue weighted by molar-refractivity contribution is 0.0705. The van der Waals surface area contributed by atoms with Gasteiger partial charge in [-0.25, -0.2) is 9.37 Å². The molecule has 0 fully saturated rings. The molecule has 0 saturated heterocycles. The van der Waals surface area contributed by atoms with Gasteiger partial charge in [-0.05, 0) is 39.0 Å². The number of nitriles is 1. The maximum Gasteiger partial charge on any atom is 0.269 e. The number of benzene rings is 1. The second kappa shape index (κ2) is 9.73. The minimum atomic E-state index is -0.697. The number of hydrogen-bond acceptors (Lipinski definition) is 5. The zero-order valence-electron chi connectivity index (χ0n) is 17.3. The van der Waals surface area contributed by atoms with Crippen LogP contribution in [0.5, 0.6) is 0 Å². The zero-order chi connectivity index (χ0) is 22.5. The van der Waals surface area contributed by atoms with E-state index in [0.717, 1.165) is 0 Å². The van der Waals surface area contributed by atoms with Gasteiger partial charge >= 0.3 is 0 Å². The predicted octanol–water partition coefficient (Wildman–Crippen LogP) is 3.85. The molecule has 2 atom stereocenters. The molecule has 0 aliphatic rings. The van der Waals surface area contributed by atoms with E-state index in [0.29, 0.717) is 35.9 Å². The van der Waals surface area contributed by atoms with Gasteiger partial charge in [-0.2, -0.15) is 10.4 Å². The molecule has 0 bridgehead atoms. The second-order valence-electron chi connectivity index (χ2n) is 7.00. The molecule has 0 radical (unpaired) electrons. The molecule has 10 heteroatoms. The second-order valence-corrected chi connectivity index (χ2v) is 7.41. The number of carbonyl (C=O) groups excluding carboxylic acids is 1. The summed E-state index contributed by atoms with van der Waals surface area (Å²) in [5.74, 6) is -0.397. The van der Waals surface area contributed by atoms with Gasteiger partial charge in [-0.1, -0.05) is 11.6 Å². The molecule has 1 aromatic carbocycles. The van der Waals surface area contributed by atoms with Crippen molar-refractivity contribution in [3.8, 4) is 17.3 Å². The summed E-state index contributed by atoms with van der Waals surface area (Å²) in [6, 6.07) is 5.93. The monoisotopic (exact) mass is 444 g/mol. The van der Waals surface area contributed by atoms with Crippen molar-refractivity contribution < 1.29 is 13.9 Å². The highest BCUT2D eigenvalue weighted by Gasteiger charge is 2.17. The smallest absolute Gasteiger partial charge is 0.269 e. The van der Waals surface area contributed by atoms with Crippen molar-refractivity contribution in [1.29, 1.82) is 5.26 Å². The molecule has 0 spiro atoms. The lowest BCUT2D eigenvalue weighted by Crippen LogP contribution is -2.36. The fourth-order valence-electron chi connectivity index (χ4n) is 3.06. The Morgan fingerprint density at radius 1 is 1.45 bits per heavy atom. The molecule has 0 aliphatic carbocycles. The number of nitrogens with one attached hydrogen (secondary N) is 2. The largest absolute Gasteiger partial charge is 0.371 e. The highest BCUT2D eigenvalue weighted by Crippen LogP contribution is 2.26. The first-order valence-corrected chi connectivity index (χ1v) is 10.1. The lowest BCUT2D eigenvalue weighted by atomic mass is 10.1. The Balaban J connectivity index is 1.63. The van der Waals surface area contributed by atoms with E-state index in [4.69, 9.17) is 21.6 Å². The Bertz CT molecular complexity index is 1100. The third kappa shape index (κ3) is 5.29. The molecule has 0 aliphatic heterocycles. The van der Waals surface area contributed by atoms with Gasteiger partial charge < -0.3 is 15.0 Å². The molecule has 2 N–H and O–H groups in total. The normalized spacial score (nSPS) is 12.9. The first kappa shape index (κ1) is 22.5. The Labute approximate surface area is 184 Å². The minimum absolute atomic E-state index is 0.0327. The summed E-state index contributed by atoms with van der Waals surface area (Å²) in [5.41, 5.74) is 1.12. The fraction of sp³-hybridized carbons (Fsp3) is 0.333. The van der Waals surface area contributed by atoms with Crippen molar-refractivity contribution in [2.45, 2.75) is 39.5 Å². The summed E-state index contributed by atoms with van der Waals surface area (Å²) in [6.45, 7) is 6.54. The highest BCUT2D eigenvalue weighted by molar-refractivity contribution is 6.32. The van der Waals surface area contributed by atoms with Crippen molar-refractivity contribution in [3.63, 3.8) is 0 Å². The number of rotatable bonds is 8. The van der Waals surface area contributed by atoms with Crippen LogP contribution < -0.4 is 5.32 Å². The fourth-order valence-corrected chi connectivity index (χ4v) is 3.31. The van der Waals surface area contributed by atoms with Crippen LogP contribution >= 0.6 is 11.6 Å². The molecule has 1 unspecified atom stereocenters. The summed E-state index contributed by atoms with van der Waals surface area (Å²) in [6.07, 6.45) is 2.97. The van der Waals surface area contributed by atoms with Crippen LogP contribution in [-0.2, 0) is 11.3 Å². The van der Waals surface area contributed by atoms with Crippen LogP contribution in [0.3, 0.4) is 0 Å². The first-order chi connectivity index (χ1) is 14.8. The summed E-state index contributed by atoms with van der Waals surface area (Å²) in [4.78, 5) is 19.6. The number of carbonyl (C=O) groups is 1. The van der Waals surface area contributed by atoms with E-state index in [1.165, 1.54) is 18.3 Å². The van der Waals surface area contributed by atoms with Gasteiger partial charge in [0.15, 0.2) is 0 Å². The highest BCUT2D eigenvalue weighted by atomic mass is 35.5. The van der Waals surface area contributed by atoms with Gasteiger partial charge in [0.2, 0.25) is 0 Å². The number of nitrogens with zero attached hydrogens (tertiary/aromatic N) is 4. The molecule has 31 heavy (non-hydrogen) atoms. The van der Waals surface area contributed by atoms with Crippen molar-refractivity contribution in [1.82, 2.24) is 25.1 Å². The molecular formula is C21H22ClFN6O2. The van der Waals surface area contributed by atoms with Crippen LogP contribution in [-0.4, -0.2) is 38.3 Å². The lowest BCUT2D eigenvalue weighted by Gasteiger charge is -2.13. The Hall–Kier alpha value is -3.22. The SMILES string of the molecule is CCO[C@@H](C)c1ncc(C(=O)NC(C)Cn2ccc(-c3cc(F)c(C#N)c(Cl)c3)n2)[nH]1. The topological polar surface area (TPSA) is 109 Å². The maximum atomic E-state index is 14.0. The number of aromatic nitrogens is 4. The van der Waals surface area contributed by atoms with E-state index in [2.05, 4.69) is 20.4 Å². The third-order valence-electron chi connectivity index (χ3n) is 4.57. The van der Waals surface area contributed by atoms with Gasteiger partial charge in [0.1, 0.15) is 35.1 Å². The summed E-state index contributed by atoms with van der Waals surface area (Å²) in [5, 5.41) is 16.3. The molecule has 0 saturated carbocycles. The van der Waals surface area contributed by atoms with E-state index < -0.39 is 5.82 Å². The van der Waals surface area contributed by atoms with Crippen molar-refractivity contribution >= 4 is 17.5 Å². The molecule has 1 amide bonds. The van der Waals surface area contributed by atoms with Crippen molar-refractivity contribution in [2.24, 2.45) is 0 Å². The van der Waals surface area contributed by atoms with Gasteiger partial charge in [-0.3, -0.25) is 9.48 Å². The number of hydrogen-bond donors (Lipinski definition) is 2. The van der Waals surface area contributed by atoms with Crippen LogP contribution in [0.15, 0.2) is 30.6 Å². The van der Waals surface area contributed by atoms with E-state index in [-0.39, 0.29) is 28.6 Å². The molecule has 8 nitrogen and oxygen atoms in total. The Morgan fingerprint density at radius 2 is 2.23 bits per heavy atom. The van der Waals surface area contributed by atoms with Crippen LogP contribution in [0.25, 0.3) is 11.3 Å². The van der Waals surface area contributed by atoms with E-state index >= 15 is 0 Å². The summed E-state index contributed by atoms with van der Waals surface area (Å²) in [7, 11) is 0. The molecule has 2 heterocycles. The number of halogens is 2. The quantitative estimate of drug-likeness (QED) is 0.548. The van der Waals surface area contributed by atoms with Gasteiger partial charge in [-0.15, -0.1) is 0 Å². The molecule has 3 rings (SSSR count). The van der Waals surface area contributed by atoms with Crippen molar-refractivity contribution in [2.75, 3.05) is 6.61 Å². The number of ether oxygens (including phenoxy) is 1. The van der Waals surface area contributed by atoms with Gasteiger partial charge in [0, 0.05) is 24.4 Å². The third-order valence-corrected chi connectivity index (χ3v) is 4.87. The van der Waals surface area contributed by atoms with E-state index in [1.54, 1.807) is 23.0 Å². The number of aromatic amines is 1. The summed E-state index contributed by atoms with van der Waals surface area (Å²) < 4.78 is 21.1. The van der Waals surface area contributed by atoms with Crippen LogP contribution in [0.1, 0.15) is 48.8 Å². The van der Waals surface area contributed by atoms with Crippen LogP contribution in [0.4, 0.5) is 4.39 Å². The summed E-state index contributed by atoms with van der Waals surface area (Å²) >= 11 is 5.97. The standard InChI is InChI=1S/C21H22ClFN6O2/c1-4-31-13(3)20-25-10-19(27-20)21(30)26-12(2)11-29-6-5-18(28-29)14-7-16(22)15(9-24)17(23)8-14/h5-8,10,12-13H,4,11H2,1-3H3,(H,25,27)(H,26,30)/t12?,13-/m0/s1. The minimum Gasteiger partial charge on any atom is -0.371 e. The van der Waals surface area contributed by atoms with E-state index in [9.17, 15) is 9.18 Å². The molecular weight excluding hydrogens is 423 g/mol. The predicted molar refractivity (Wildman–Crippen MR) is 113 cm³/mol. The molecule has 3 aromatic rings. The van der Waals surface area contributed by atoms with Gasteiger partial charge in [0.25, 0.3) is 5.91 Å². The molecule has 162 valence electrons. The average molecular weight is 445 g/mol. The Morgan fingerprint density at radius 3 is 2.90 bits per heavy atom. The zero-order valence-corrected chi connectivity index (χ0v) is 18.1. The first-order valence-electron chi connectivity index (χ1n) is 9.72. The van der Waals surface area contributed by atoms with Crippen LogP contribution in [0.2, 0.25) is 5.02 Å². The number of amides is 1. The van der Waals surface area contributed by atoms with Gasteiger partial charge in [0.05, 0.1) is 23.5 Å². The number of imidazole rings is 1.